The van der Waals surface area contributed by atoms with E-state index in [9.17, 15) is 0 Å². The second-order valence-electron chi connectivity index (χ2n) is 6.11. The Bertz CT molecular complexity index is 725. The highest BCUT2D eigenvalue weighted by molar-refractivity contribution is 5.51. The lowest BCUT2D eigenvalue weighted by Crippen LogP contribution is -2.39. The van der Waals surface area contributed by atoms with Gasteiger partial charge in [-0.05, 0) is 47.2 Å². The lowest BCUT2D eigenvalue weighted by molar-refractivity contribution is 0.160. The average Bonchev–Trinajstić information content (AvgIpc) is 2.98. The average molecular weight is 279 g/mol. The number of hydrogen-bond donors (Lipinski definition) is 0. The molecule has 3 nitrogen and oxygen atoms in total. The van der Waals surface area contributed by atoms with E-state index in [0.29, 0.717) is 12.8 Å². The van der Waals surface area contributed by atoms with Crippen molar-refractivity contribution in [1.82, 2.24) is 4.90 Å². The molecule has 3 aliphatic heterocycles. The number of ether oxygens (including phenoxy) is 2. The maximum Gasteiger partial charge on any atom is 0.231 e. The number of hydrogen-bond acceptors (Lipinski definition) is 3. The molecule has 1 unspecified atom stereocenters. The lowest BCUT2D eigenvalue weighted by Gasteiger charge is -2.41. The van der Waals surface area contributed by atoms with Gasteiger partial charge >= 0.3 is 0 Å². The van der Waals surface area contributed by atoms with Crippen molar-refractivity contribution < 1.29 is 9.47 Å². The third kappa shape index (κ3) is 1.70. The third-order valence-corrected chi connectivity index (χ3v) is 5.01. The van der Waals surface area contributed by atoms with E-state index in [-0.39, 0.29) is 0 Å². The molecule has 3 heterocycles. The summed E-state index contributed by atoms with van der Waals surface area (Å²) in [5.41, 5.74) is 5.84. The van der Waals surface area contributed by atoms with Crippen LogP contribution in [0.2, 0.25) is 0 Å². The first-order chi connectivity index (χ1) is 10.4. The first-order valence-electron chi connectivity index (χ1n) is 7.62. The maximum absolute atomic E-state index is 5.57. The summed E-state index contributed by atoms with van der Waals surface area (Å²) in [6.07, 6.45) is 2.20. The van der Waals surface area contributed by atoms with Gasteiger partial charge in [0.1, 0.15) is 0 Å². The maximum atomic E-state index is 5.57. The molecule has 0 aliphatic carbocycles. The molecule has 0 saturated carbocycles. The van der Waals surface area contributed by atoms with E-state index in [1.54, 1.807) is 0 Å². The fourth-order valence-corrected chi connectivity index (χ4v) is 3.91. The second kappa shape index (κ2) is 4.25. The zero-order valence-electron chi connectivity index (χ0n) is 11.8. The molecule has 0 spiro atoms. The van der Waals surface area contributed by atoms with Crippen LogP contribution >= 0.6 is 0 Å². The van der Waals surface area contributed by atoms with Gasteiger partial charge in [-0.15, -0.1) is 0 Å². The summed E-state index contributed by atoms with van der Waals surface area (Å²) in [5.74, 6) is 1.83. The fourth-order valence-electron chi connectivity index (χ4n) is 3.91. The second-order valence-corrected chi connectivity index (χ2v) is 6.11. The van der Waals surface area contributed by atoms with E-state index in [1.807, 2.05) is 0 Å². The van der Waals surface area contributed by atoms with Gasteiger partial charge in [-0.3, -0.25) is 4.90 Å². The van der Waals surface area contributed by atoms with Crippen LogP contribution in [-0.2, 0) is 19.4 Å². The molecule has 2 aromatic rings. The molecule has 1 atom stereocenters. The highest BCUT2D eigenvalue weighted by Crippen LogP contribution is 2.43. The van der Waals surface area contributed by atoms with Crippen molar-refractivity contribution in [3.8, 4) is 11.5 Å². The van der Waals surface area contributed by atoms with Gasteiger partial charge in [0, 0.05) is 19.1 Å². The monoisotopic (exact) mass is 279 g/mol. The molecule has 0 amide bonds. The Kier molecular flexibility index (Phi) is 2.35. The molecule has 3 aliphatic rings. The normalized spacial score (nSPS) is 22.4. The molecule has 0 saturated heterocycles. The Hall–Kier alpha value is -2.00. The van der Waals surface area contributed by atoms with E-state index >= 15 is 0 Å². The van der Waals surface area contributed by atoms with Gasteiger partial charge in [0.25, 0.3) is 0 Å². The first-order valence-corrected chi connectivity index (χ1v) is 7.62. The Morgan fingerprint density at radius 3 is 2.67 bits per heavy atom. The van der Waals surface area contributed by atoms with Crippen molar-refractivity contribution in [2.24, 2.45) is 0 Å². The minimum Gasteiger partial charge on any atom is -0.454 e. The van der Waals surface area contributed by atoms with Gasteiger partial charge in [-0.1, -0.05) is 24.3 Å². The summed E-state index contributed by atoms with van der Waals surface area (Å²) < 4.78 is 11.1. The molecule has 0 aromatic heterocycles. The molecule has 0 fully saturated rings. The van der Waals surface area contributed by atoms with Gasteiger partial charge in [0.15, 0.2) is 11.5 Å². The van der Waals surface area contributed by atoms with Crippen molar-refractivity contribution in [2.45, 2.75) is 25.4 Å². The van der Waals surface area contributed by atoms with Gasteiger partial charge in [-0.25, -0.2) is 0 Å². The molecule has 2 aromatic carbocycles. The van der Waals surface area contributed by atoms with Crippen LogP contribution in [0.4, 0.5) is 0 Å². The summed E-state index contributed by atoms with van der Waals surface area (Å²) in [7, 11) is 0. The Morgan fingerprint density at radius 1 is 0.952 bits per heavy atom. The molecular weight excluding hydrogens is 262 g/mol. The fraction of sp³-hybridized carbons (Fsp3) is 0.333. The van der Waals surface area contributed by atoms with Crippen molar-refractivity contribution in [3.63, 3.8) is 0 Å². The predicted molar refractivity (Wildman–Crippen MR) is 79.6 cm³/mol. The highest BCUT2D eigenvalue weighted by atomic mass is 16.7. The zero-order chi connectivity index (χ0) is 13.8. The molecule has 106 valence electrons. The van der Waals surface area contributed by atoms with Crippen LogP contribution in [0, 0.1) is 0 Å². The molecule has 21 heavy (non-hydrogen) atoms. The molecule has 5 rings (SSSR count). The van der Waals surface area contributed by atoms with Crippen molar-refractivity contribution >= 4 is 0 Å². The van der Waals surface area contributed by atoms with Crippen LogP contribution in [0.25, 0.3) is 0 Å². The minimum atomic E-state index is 0.357. The van der Waals surface area contributed by atoms with Crippen LogP contribution in [0.15, 0.2) is 36.4 Å². The third-order valence-electron chi connectivity index (χ3n) is 5.01. The Labute approximate surface area is 124 Å². The van der Waals surface area contributed by atoms with Gasteiger partial charge in [0.2, 0.25) is 6.79 Å². The zero-order valence-corrected chi connectivity index (χ0v) is 11.8. The van der Waals surface area contributed by atoms with Crippen LogP contribution in [0.3, 0.4) is 0 Å². The number of fused-ring (bicyclic) bond motifs is 5. The summed E-state index contributed by atoms with van der Waals surface area (Å²) in [6.45, 7) is 2.55. The van der Waals surface area contributed by atoms with Gasteiger partial charge in [0.05, 0.1) is 0 Å². The molecule has 3 heteroatoms. The van der Waals surface area contributed by atoms with Crippen molar-refractivity contribution in [3.05, 3.63) is 58.7 Å². The predicted octanol–water partition coefficient (Wildman–Crippen LogP) is 3.07. The van der Waals surface area contributed by atoms with E-state index in [1.165, 1.54) is 22.3 Å². The highest BCUT2D eigenvalue weighted by Gasteiger charge is 2.33. The van der Waals surface area contributed by atoms with Crippen molar-refractivity contribution in [1.29, 1.82) is 0 Å². The van der Waals surface area contributed by atoms with Crippen LogP contribution < -0.4 is 9.47 Å². The lowest BCUT2D eigenvalue weighted by atomic mass is 9.84. The smallest absolute Gasteiger partial charge is 0.231 e. The molecule has 0 bridgehead atoms. The quantitative estimate of drug-likeness (QED) is 0.740. The number of rotatable bonds is 0. The largest absolute Gasteiger partial charge is 0.454 e. The van der Waals surface area contributed by atoms with Gasteiger partial charge < -0.3 is 9.47 Å². The first kappa shape index (κ1) is 11.6. The molecule has 0 N–H and O–H groups in total. The minimum absolute atomic E-state index is 0.357. The molecular formula is C18H17NO2. The summed E-state index contributed by atoms with van der Waals surface area (Å²) in [4.78, 5) is 2.60. The van der Waals surface area contributed by atoms with Crippen LogP contribution in [-0.4, -0.2) is 18.2 Å². The van der Waals surface area contributed by atoms with Crippen molar-refractivity contribution in [2.75, 3.05) is 13.3 Å². The topological polar surface area (TPSA) is 21.7 Å². The van der Waals surface area contributed by atoms with E-state index in [2.05, 4.69) is 41.3 Å². The van der Waals surface area contributed by atoms with Gasteiger partial charge in [-0.2, -0.15) is 0 Å². The van der Waals surface area contributed by atoms with E-state index < -0.39 is 0 Å². The summed E-state index contributed by atoms with van der Waals surface area (Å²) in [6, 6.07) is 13.7. The standard InChI is InChI=1S/C18H17NO2/c1-2-4-14-10-19-6-5-13-8-17-18(21-11-20-17)9-15(13)16(19)7-12(14)3-1/h1-4,8-9,16H,5-7,10-11H2. The Balaban J connectivity index is 1.60. The van der Waals surface area contributed by atoms with Crippen LogP contribution in [0.1, 0.15) is 28.3 Å². The number of nitrogens with zero attached hydrogens (tertiary/aromatic N) is 1. The number of benzene rings is 2. The summed E-state index contributed by atoms with van der Waals surface area (Å²) in [5, 5.41) is 0. The van der Waals surface area contributed by atoms with E-state index in [0.717, 1.165) is 37.4 Å². The SMILES string of the molecule is c1ccc2c(c1)CC1c3cc4c(cc3CCN1C2)OCO4. The molecule has 0 radical (unpaired) electrons. The van der Waals surface area contributed by atoms with Crippen LogP contribution in [0.5, 0.6) is 11.5 Å². The Morgan fingerprint density at radius 2 is 1.76 bits per heavy atom. The van der Waals surface area contributed by atoms with E-state index in [4.69, 9.17) is 9.47 Å². The summed E-state index contributed by atoms with van der Waals surface area (Å²) >= 11 is 0.